The molecule has 2 fully saturated rings. The van der Waals surface area contributed by atoms with Crippen molar-refractivity contribution in [1.29, 1.82) is 0 Å². The number of amides is 3. The highest BCUT2D eigenvalue weighted by molar-refractivity contribution is 6.28. The molecule has 4 N–H and O–H groups in total. The number of rotatable bonds is 8. The Labute approximate surface area is 233 Å². The number of fused-ring (bicyclic) bond motifs is 1. The van der Waals surface area contributed by atoms with Crippen molar-refractivity contribution in [2.75, 3.05) is 25.0 Å². The topological polar surface area (TPSA) is 155 Å². The van der Waals surface area contributed by atoms with Gasteiger partial charge in [-0.25, -0.2) is 9.78 Å². The van der Waals surface area contributed by atoms with Crippen molar-refractivity contribution in [3.05, 3.63) is 83.4 Å². The van der Waals surface area contributed by atoms with Crippen LogP contribution in [-0.4, -0.2) is 84.5 Å². The molecule has 2 aliphatic rings. The van der Waals surface area contributed by atoms with Gasteiger partial charge in [-0.15, -0.1) is 0 Å². The molecular weight excluding hydrogens is 538 g/mol. The number of aliphatic hydroxyl groups is 2. The predicted octanol–water partition coefficient (Wildman–Crippen LogP) is 1.89. The fraction of sp³-hybridized carbons (Fsp3) is 0.296. The second-order valence-corrected chi connectivity index (χ2v) is 9.97. The van der Waals surface area contributed by atoms with Crippen LogP contribution in [-0.2, 0) is 9.53 Å². The normalized spacial score (nSPS) is 22.9. The van der Waals surface area contributed by atoms with E-state index in [0.29, 0.717) is 17.9 Å². The van der Waals surface area contributed by atoms with Gasteiger partial charge >= 0.3 is 6.03 Å². The summed E-state index contributed by atoms with van der Waals surface area (Å²) in [6.07, 6.45) is -3.43. The van der Waals surface area contributed by atoms with Crippen LogP contribution in [0.25, 0.3) is 11.2 Å². The van der Waals surface area contributed by atoms with Crippen LogP contribution in [0, 0.1) is 0 Å². The maximum Gasteiger partial charge on any atom is 0.324 e. The van der Waals surface area contributed by atoms with Gasteiger partial charge in [0, 0.05) is 12.5 Å². The lowest BCUT2D eigenvalue weighted by Crippen LogP contribution is -2.42. The van der Waals surface area contributed by atoms with Crippen molar-refractivity contribution in [3.63, 3.8) is 0 Å². The number of hydrogen-bond acceptors (Lipinski definition) is 9. The molecule has 2 unspecified atom stereocenters. The van der Waals surface area contributed by atoms with Crippen molar-refractivity contribution >= 4 is 40.5 Å². The van der Waals surface area contributed by atoms with Crippen molar-refractivity contribution in [3.8, 4) is 0 Å². The first-order valence-electron chi connectivity index (χ1n) is 12.7. The second-order valence-electron chi connectivity index (χ2n) is 9.63. The van der Waals surface area contributed by atoms with Crippen molar-refractivity contribution in [2.45, 2.75) is 30.5 Å². The molecule has 0 spiro atoms. The van der Waals surface area contributed by atoms with E-state index in [1.807, 2.05) is 36.4 Å². The minimum atomic E-state index is -1.38. The third-order valence-corrected chi connectivity index (χ3v) is 7.35. The quantitative estimate of drug-likeness (QED) is 0.186. The molecule has 2 saturated heterocycles. The van der Waals surface area contributed by atoms with Crippen molar-refractivity contribution < 1.29 is 24.5 Å². The number of urea groups is 1. The molecule has 3 amide bonds. The largest absolute Gasteiger partial charge is 0.387 e. The van der Waals surface area contributed by atoms with Crippen molar-refractivity contribution in [1.82, 2.24) is 29.7 Å². The van der Waals surface area contributed by atoms with Crippen LogP contribution in [0.3, 0.4) is 0 Å². The van der Waals surface area contributed by atoms with Gasteiger partial charge in [0.25, 0.3) is 0 Å². The van der Waals surface area contributed by atoms with Gasteiger partial charge in [-0.3, -0.25) is 14.3 Å². The molecule has 6 rings (SSSR count). The Hall–Kier alpha value is -4.10. The molecule has 0 bridgehead atoms. The first-order chi connectivity index (χ1) is 19.4. The molecule has 2 aromatic carbocycles. The zero-order valence-corrected chi connectivity index (χ0v) is 21.8. The number of aliphatic hydroxyl groups excluding tert-OH is 2. The monoisotopic (exact) mass is 563 g/mol. The molecule has 13 heteroatoms. The predicted molar refractivity (Wildman–Crippen MR) is 145 cm³/mol. The molecule has 4 heterocycles. The number of imide groups is 1. The maximum absolute atomic E-state index is 12.0. The molecule has 4 aromatic rings. The Bertz CT molecular complexity index is 1480. The van der Waals surface area contributed by atoms with Crippen LogP contribution in [0.15, 0.2) is 67.0 Å². The molecule has 4 atom stereocenters. The molecule has 0 saturated carbocycles. The number of halogens is 1. The summed E-state index contributed by atoms with van der Waals surface area (Å²) in [5.41, 5.74) is 2.92. The average Bonchev–Trinajstić information content (AvgIpc) is 3.61. The van der Waals surface area contributed by atoms with E-state index in [1.165, 1.54) is 10.9 Å². The van der Waals surface area contributed by atoms with Gasteiger partial charge in [0.15, 0.2) is 23.2 Å². The smallest absolute Gasteiger partial charge is 0.324 e. The second kappa shape index (κ2) is 10.8. The first-order valence-corrected chi connectivity index (χ1v) is 13.1. The number of hydrogen-bond donors (Lipinski definition) is 4. The third kappa shape index (κ3) is 4.86. The number of anilines is 1. The lowest BCUT2D eigenvalue weighted by atomic mass is 9.91. The van der Waals surface area contributed by atoms with E-state index in [2.05, 4.69) is 49.9 Å². The van der Waals surface area contributed by atoms with Gasteiger partial charge in [-0.05, 0) is 22.7 Å². The van der Waals surface area contributed by atoms with Crippen LogP contribution in [0.1, 0.15) is 23.3 Å². The lowest BCUT2D eigenvalue weighted by molar-refractivity contribution is -0.127. The minimum absolute atomic E-state index is 0.00895. The zero-order valence-electron chi connectivity index (χ0n) is 21.1. The summed E-state index contributed by atoms with van der Waals surface area (Å²) in [6, 6.07) is 19.6. The number of nitrogens with one attached hydrogen (secondary N) is 2. The highest BCUT2D eigenvalue weighted by atomic mass is 35.5. The number of carbonyl (C=O) groups is 2. The van der Waals surface area contributed by atoms with Gasteiger partial charge in [0.2, 0.25) is 11.2 Å². The van der Waals surface area contributed by atoms with E-state index in [4.69, 9.17) is 16.3 Å². The molecule has 2 aromatic heterocycles. The number of benzene rings is 2. The number of aromatic nitrogens is 4. The van der Waals surface area contributed by atoms with Gasteiger partial charge in [-0.2, -0.15) is 9.97 Å². The summed E-state index contributed by atoms with van der Waals surface area (Å²) in [5.74, 6) is -0.0319. The number of carbonyl (C=O) groups excluding carboxylic acids is 2. The Morgan fingerprint density at radius 3 is 2.33 bits per heavy atom. The molecule has 206 valence electrons. The first kappa shape index (κ1) is 26.1. The van der Waals surface area contributed by atoms with E-state index >= 15 is 0 Å². The van der Waals surface area contributed by atoms with Crippen LogP contribution >= 0.6 is 11.6 Å². The average molecular weight is 564 g/mol. The Morgan fingerprint density at radius 1 is 1.02 bits per heavy atom. The summed E-state index contributed by atoms with van der Waals surface area (Å²) in [4.78, 5) is 38.0. The van der Waals surface area contributed by atoms with Gasteiger partial charge in [-0.1, -0.05) is 60.7 Å². The van der Waals surface area contributed by atoms with Crippen molar-refractivity contribution in [2.24, 2.45) is 0 Å². The number of nitrogens with zero attached hydrogens (tertiary/aromatic N) is 5. The molecule has 0 aliphatic carbocycles. The van der Waals surface area contributed by atoms with E-state index < -0.39 is 36.5 Å². The Kier molecular flexibility index (Phi) is 7.07. The maximum atomic E-state index is 12.0. The molecular formula is C27H26ClN7O5. The third-order valence-electron chi connectivity index (χ3n) is 7.18. The van der Waals surface area contributed by atoms with E-state index in [1.54, 1.807) is 0 Å². The Morgan fingerprint density at radius 2 is 1.70 bits per heavy atom. The van der Waals surface area contributed by atoms with Gasteiger partial charge in [0.1, 0.15) is 18.3 Å². The minimum Gasteiger partial charge on any atom is -0.387 e. The summed E-state index contributed by atoms with van der Waals surface area (Å²) >= 11 is 6.30. The standard InChI is InChI=1S/C27H26ClN7O5/c28-26-32-23(29-11-17(15-7-3-1-4-8-15)16-9-5-2-6-10-16)20-24(33-26)35(14-31-20)25-22(38)21(37)18(40-25)13-34-19(36)12-30-27(34)39/h1-10,14,17-18,21-22,25,37-38H,11-13H2,(H,30,39)(H,29,32,33)/t18?,21-,22-,25?/m1/s1. The molecule has 2 aliphatic heterocycles. The zero-order chi connectivity index (χ0) is 27.8. The van der Waals surface area contributed by atoms with Gasteiger partial charge in [0.05, 0.1) is 19.4 Å². The van der Waals surface area contributed by atoms with Crippen LogP contribution in [0.5, 0.6) is 0 Å². The summed E-state index contributed by atoms with van der Waals surface area (Å²) in [5, 5.41) is 27.2. The van der Waals surface area contributed by atoms with E-state index in [9.17, 15) is 19.8 Å². The summed E-state index contributed by atoms with van der Waals surface area (Å²) < 4.78 is 7.37. The summed E-state index contributed by atoms with van der Waals surface area (Å²) in [6.45, 7) is 0.147. The number of ether oxygens (including phenoxy) is 1. The van der Waals surface area contributed by atoms with Crippen LogP contribution in [0.2, 0.25) is 5.28 Å². The fourth-order valence-electron chi connectivity index (χ4n) is 5.13. The van der Waals surface area contributed by atoms with E-state index in [0.717, 1.165) is 16.0 Å². The van der Waals surface area contributed by atoms with Crippen LogP contribution in [0.4, 0.5) is 10.6 Å². The van der Waals surface area contributed by atoms with Crippen LogP contribution < -0.4 is 10.6 Å². The SMILES string of the molecule is O=C1CNC(=O)N1CC1OC(n2cnc3c(NCC(c4ccccc4)c4ccccc4)nc(Cl)nc32)[C@H](O)[C@@H]1O. The molecule has 0 radical (unpaired) electrons. The molecule has 12 nitrogen and oxygen atoms in total. The lowest BCUT2D eigenvalue weighted by Gasteiger charge is -2.20. The fourth-order valence-corrected chi connectivity index (χ4v) is 5.29. The summed E-state index contributed by atoms with van der Waals surface area (Å²) in [7, 11) is 0. The Balaban J connectivity index is 1.26. The van der Waals surface area contributed by atoms with Gasteiger partial charge < -0.3 is 25.6 Å². The number of imidazole rings is 1. The highest BCUT2D eigenvalue weighted by Crippen LogP contribution is 2.34. The van der Waals surface area contributed by atoms with E-state index in [-0.39, 0.29) is 29.9 Å². The molecule has 40 heavy (non-hydrogen) atoms. The highest BCUT2D eigenvalue weighted by Gasteiger charge is 2.46.